The van der Waals surface area contributed by atoms with Crippen LogP contribution < -0.4 is 5.32 Å². The normalized spacial score (nSPS) is 20.6. The van der Waals surface area contributed by atoms with Gasteiger partial charge in [0.15, 0.2) is 0 Å². The van der Waals surface area contributed by atoms with Crippen molar-refractivity contribution in [3.63, 3.8) is 0 Å². The molecule has 0 radical (unpaired) electrons. The Kier molecular flexibility index (Phi) is 4.43. The minimum atomic E-state index is 0.478. The first-order valence-corrected chi connectivity index (χ1v) is 6.26. The lowest BCUT2D eigenvalue weighted by Crippen LogP contribution is -2.39. The lowest BCUT2D eigenvalue weighted by Gasteiger charge is -2.42. The first-order chi connectivity index (χ1) is 6.55. The van der Waals surface area contributed by atoms with E-state index in [1.807, 2.05) is 0 Å². The SMILES string of the molecule is CCCNCC(C1CCC1)C(C)(C)C. The highest BCUT2D eigenvalue weighted by atomic mass is 14.9. The summed E-state index contributed by atoms with van der Waals surface area (Å²) in [6.45, 7) is 11.8. The maximum absolute atomic E-state index is 3.59. The summed E-state index contributed by atoms with van der Waals surface area (Å²) in [5.74, 6) is 1.88. The van der Waals surface area contributed by atoms with Crippen LogP contribution in [0.5, 0.6) is 0 Å². The van der Waals surface area contributed by atoms with Gasteiger partial charge in [-0.2, -0.15) is 0 Å². The molecule has 0 spiro atoms. The van der Waals surface area contributed by atoms with Gasteiger partial charge in [-0.15, -0.1) is 0 Å². The molecule has 1 aliphatic carbocycles. The van der Waals surface area contributed by atoms with E-state index in [4.69, 9.17) is 0 Å². The fourth-order valence-electron chi connectivity index (χ4n) is 2.46. The van der Waals surface area contributed by atoms with Crippen LogP contribution in [0.15, 0.2) is 0 Å². The number of hydrogen-bond donors (Lipinski definition) is 1. The zero-order chi connectivity index (χ0) is 10.6. The molecule has 0 heterocycles. The molecule has 1 atom stereocenters. The maximum Gasteiger partial charge on any atom is -0.00129 e. The Balaban J connectivity index is 2.36. The molecule has 0 aliphatic heterocycles. The van der Waals surface area contributed by atoms with E-state index in [2.05, 4.69) is 33.0 Å². The maximum atomic E-state index is 3.59. The predicted octanol–water partition coefficient (Wildman–Crippen LogP) is 3.45. The van der Waals surface area contributed by atoms with Gasteiger partial charge in [0, 0.05) is 0 Å². The Labute approximate surface area is 89.7 Å². The van der Waals surface area contributed by atoms with Gasteiger partial charge < -0.3 is 5.32 Å². The molecule has 1 fully saturated rings. The van der Waals surface area contributed by atoms with Crippen molar-refractivity contribution in [1.29, 1.82) is 0 Å². The van der Waals surface area contributed by atoms with Gasteiger partial charge in [-0.25, -0.2) is 0 Å². The molecular formula is C13H27N. The van der Waals surface area contributed by atoms with E-state index in [0.29, 0.717) is 5.41 Å². The van der Waals surface area contributed by atoms with Gasteiger partial charge in [0.25, 0.3) is 0 Å². The van der Waals surface area contributed by atoms with Crippen LogP contribution in [0, 0.1) is 17.3 Å². The molecule has 1 nitrogen and oxygen atoms in total. The van der Waals surface area contributed by atoms with Crippen LogP contribution in [0.25, 0.3) is 0 Å². The fraction of sp³-hybridized carbons (Fsp3) is 1.00. The summed E-state index contributed by atoms with van der Waals surface area (Å²) in [5.41, 5.74) is 0.478. The Hall–Kier alpha value is -0.0400. The van der Waals surface area contributed by atoms with E-state index in [1.165, 1.54) is 38.8 Å². The summed E-state index contributed by atoms with van der Waals surface area (Å²) in [5, 5.41) is 3.59. The van der Waals surface area contributed by atoms with Crippen LogP contribution in [0.2, 0.25) is 0 Å². The minimum absolute atomic E-state index is 0.478. The second kappa shape index (κ2) is 5.16. The van der Waals surface area contributed by atoms with Crippen molar-refractivity contribution in [3.8, 4) is 0 Å². The van der Waals surface area contributed by atoms with Crippen molar-refractivity contribution in [2.75, 3.05) is 13.1 Å². The van der Waals surface area contributed by atoms with E-state index in [1.54, 1.807) is 0 Å². The molecule has 84 valence electrons. The highest BCUT2D eigenvalue weighted by molar-refractivity contribution is 4.86. The van der Waals surface area contributed by atoms with Crippen LogP contribution in [0.3, 0.4) is 0 Å². The minimum Gasteiger partial charge on any atom is -0.316 e. The summed E-state index contributed by atoms with van der Waals surface area (Å²) in [7, 11) is 0. The molecule has 14 heavy (non-hydrogen) atoms. The third kappa shape index (κ3) is 3.27. The zero-order valence-electron chi connectivity index (χ0n) is 10.4. The van der Waals surface area contributed by atoms with E-state index in [-0.39, 0.29) is 0 Å². The van der Waals surface area contributed by atoms with Gasteiger partial charge in [-0.3, -0.25) is 0 Å². The highest BCUT2D eigenvalue weighted by Gasteiger charge is 2.34. The molecule has 1 unspecified atom stereocenters. The van der Waals surface area contributed by atoms with E-state index < -0.39 is 0 Å². The molecule has 1 rings (SSSR count). The molecule has 1 N–H and O–H groups in total. The first kappa shape index (κ1) is 12.0. The van der Waals surface area contributed by atoms with Gasteiger partial charge in [-0.05, 0) is 36.8 Å². The summed E-state index contributed by atoms with van der Waals surface area (Å²) >= 11 is 0. The molecular weight excluding hydrogens is 170 g/mol. The Morgan fingerprint density at radius 3 is 2.29 bits per heavy atom. The van der Waals surface area contributed by atoms with Gasteiger partial charge in [0.2, 0.25) is 0 Å². The topological polar surface area (TPSA) is 12.0 Å². The third-order valence-corrected chi connectivity index (χ3v) is 3.62. The van der Waals surface area contributed by atoms with E-state index in [0.717, 1.165) is 11.8 Å². The lowest BCUT2D eigenvalue weighted by molar-refractivity contribution is 0.0959. The summed E-state index contributed by atoms with van der Waals surface area (Å²) in [6, 6.07) is 0. The average Bonchev–Trinajstić information content (AvgIpc) is 1.97. The van der Waals surface area contributed by atoms with Gasteiger partial charge in [0.1, 0.15) is 0 Å². The van der Waals surface area contributed by atoms with Crippen molar-refractivity contribution in [3.05, 3.63) is 0 Å². The van der Waals surface area contributed by atoms with Crippen LogP contribution in [-0.4, -0.2) is 13.1 Å². The van der Waals surface area contributed by atoms with Crippen LogP contribution in [0.4, 0.5) is 0 Å². The highest BCUT2D eigenvalue weighted by Crippen LogP contribution is 2.42. The molecule has 0 aromatic rings. The molecule has 0 aromatic carbocycles. The standard InChI is InChI=1S/C13H27N/c1-5-9-14-10-12(13(2,3)4)11-7-6-8-11/h11-12,14H,5-10H2,1-4H3. The van der Waals surface area contributed by atoms with Crippen molar-refractivity contribution in [1.82, 2.24) is 5.32 Å². The monoisotopic (exact) mass is 197 g/mol. The van der Waals surface area contributed by atoms with E-state index in [9.17, 15) is 0 Å². The van der Waals surface area contributed by atoms with Crippen LogP contribution >= 0.6 is 0 Å². The fourth-order valence-corrected chi connectivity index (χ4v) is 2.46. The molecule has 0 bridgehead atoms. The predicted molar refractivity (Wildman–Crippen MR) is 63.4 cm³/mol. The lowest BCUT2D eigenvalue weighted by atomic mass is 9.65. The van der Waals surface area contributed by atoms with E-state index >= 15 is 0 Å². The Morgan fingerprint density at radius 1 is 1.29 bits per heavy atom. The number of hydrogen-bond acceptors (Lipinski definition) is 1. The third-order valence-electron chi connectivity index (χ3n) is 3.62. The molecule has 1 aliphatic rings. The molecule has 0 saturated heterocycles. The van der Waals surface area contributed by atoms with Crippen molar-refractivity contribution < 1.29 is 0 Å². The zero-order valence-corrected chi connectivity index (χ0v) is 10.4. The van der Waals surface area contributed by atoms with Crippen molar-refractivity contribution in [2.45, 2.75) is 53.4 Å². The smallest absolute Gasteiger partial charge is 0.00129 e. The van der Waals surface area contributed by atoms with Crippen molar-refractivity contribution in [2.24, 2.45) is 17.3 Å². The summed E-state index contributed by atoms with van der Waals surface area (Å²) < 4.78 is 0. The molecule has 0 aromatic heterocycles. The molecule has 1 heteroatoms. The molecule has 0 amide bonds. The first-order valence-electron chi connectivity index (χ1n) is 6.26. The quantitative estimate of drug-likeness (QED) is 0.666. The summed E-state index contributed by atoms with van der Waals surface area (Å²) in [6.07, 6.45) is 5.65. The Morgan fingerprint density at radius 2 is 1.93 bits per heavy atom. The average molecular weight is 197 g/mol. The second-order valence-electron chi connectivity index (χ2n) is 5.87. The van der Waals surface area contributed by atoms with Gasteiger partial charge in [-0.1, -0.05) is 47.0 Å². The van der Waals surface area contributed by atoms with Crippen molar-refractivity contribution >= 4 is 0 Å². The number of nitrogens with one attached hydrogen (secondary N) is 1. The largest absolute Gasteiger partial charge is 0.316 e. The molecule has 1 saturated carbocycles. The Bertz CT molecular complexity index is 153. The second-order valence-corrected chi connectivity index (χ2v) is 5.87. The summed E-state index contributed by atoms with van der Waals surface area (Å²) in [4.78, 5) is 0. The van der Waals surface area contributed by atoms with Gasteiger partial charge in [0.05, 0.1) is 0 Å². The number of rotatable bonds is 5. The van der Waals surface area contributed by atoms with Crippen LogP contribution in [0.1, 0.15) is 53.4 Å². The van der Waals surface area contributed by atoms with Crippen LogP contribution in [-0.2, 0) is 0 Å². The van der Waals surface area contributed by atoms with Gasteiger partial charge >= 0.3 is 0 Å².